The molecule has 5 heteroatoms. The maximum Gasteiger partial charge on any atom is 0.410 e. The number of hydrogen-bond acceptors (Lipinski definition) is 4. The number of nitrogens with one attached hydrogen (secondary N) is 1. The van der Waals surface area contributed by atoms with Crippen LogP contribution in [0.1, 0.15) is 18.4 Å². The summed E-state index contributed by atoms with van der Waals surface area (Å²) in [5, 5.41) is 3.69. The highest BCUT2D eigenvalue weighted by atomic mass is 32.2. The molecule has 0 aromatic heterocycles. The normalized spacial score (nSPS) is 27.7. The van der Waals surface area contributed by atoms with E-state index in [2.05, 4.69) is 11.6 Å². The summed E-state index contributed by atoms with van der Waals surface area (Å²) in [4.78, 5) is 14.2. The number of amides is 1. The van der Waals surface area contributed by atoms with Crippen molar-refractivity contribution in [3.63, 3.8) is 0 Å². The highest BCUT2D eigenvalue weighted by Gasteiger charge is 2.45. The van der Waals surface area contributed by atoms with E-state index in [9.17, 15) is 4.79 Å². The van der Waals surface area contributed by atoms with Gasteiger partial charge in [0, 0.05) is 30.4 Å². The van der Waals surface area contributed by atoms with Crippen LogP contribution in [0, 0.1) is 0 Å². The van der Waals surface area contributed by atoms with Crippen molar-refractivity contribution in [1.29, 1.82) is 0 Å². The van der Waals surface area contributed by atoms with E-state index in [4.69, 9.17) is 4.74 Å². The first-order valence-electron chi connectivity index (χ1n) is 7.43. The number of rotatable bonds is 4. The minimum Gasteiger partial charge on any atom is -0.445 e. The summed E-state index contributed by atoms with van der Waals surface area (Å²) < 4.78 is 5.47. The number of ether oxygens (including phenoxy) is 1. The summed E-state index contributed by atoms with van der Waals surface area (Å²) in [6.07, 6.45) is 4.25. The van der Waals surface area contributed by atoms with Crippen LogP contribution < -0.4 is 5.32 Å². The van der Waals surface area contributed by atoms with Crippen molar-refractivity contribution < 1.29 is 9.53 Å². The Hall–Kier alpha value is -1.20. The van der Waals surface area contributed by atoms with Crippen LogP contribution in [0.2, 0.25) is 0 Å². The van der Waals surface area contributed by atoms with E-state index in [-0.39, 0.29) is 11.6 Å². The van der Waals surface area contributed by atoms with Crippen LogP contribution in [0.3, 0.4) is 0 Å². The monoisotopic (exact) mass is 306 g/mol. The van der Waals surface area contributed by atoms with Crippen LogP contribution in [0.5, 0.6) is 0 Å². The van der Waals surface area contributed by atoms with Crippen molar-refractivity contribution in [2.75, 3.05) is 25.1 Å². The van der Waals surface area contributed by atoms with Gasteiger partial charge in [-0.15, -0.1) is 0 Å². The quantitative estimate of drug-likeness (QED) is 0.928. The second-order valence-corrected chi connectivity index (χ2v) is 6.88. The molecular formula is C16H22N2O2S. The number of piperazine rings is 1. The van der Waals surface area contributed by atoms with Gasteiger partial charge in [0.25, 0.3) is 0 Å². The topological polar surface area (TPSA) is 41.6 Å². The fraction of sp³-hybridized carbons (Fsp3) is 0.562. The summed E-state index contributed by atoms with van der Waals surface area (Å²) in [6, 6.07) is 10.3. The van der Waals surface area contributed by atoms with Crippen molar-refractivity contribution in [3.8, 4) is 0 Å². The summed E-state index contributed by atoms with van der Waals surface area (Å²) in [6.45, 7) is 1.88. The first-order valence-corrected chi connectivity index (χ1v) is 8.82. The molecule has 2 heterocycles. The molecule has 2 bridgehead atoms. The Labute approximate surface area is 130 Å². The zero-order valence-corrected chi connectivity index (χ0v) is 13.2. The largest absolute Gasteiger partial charge is 0.445 e. The lowest BCUT2D eigenvalue weighted by Crippen LogP contribution is -2.62. The zero-order chi connectivity index (χ0) is 14.7. The van der Waals surface area contributed by atoms with Gasteiger partial charge in [-0.1, -0.05) is 30.3 Å². The molecular weight excluding hydrogens is 284 g/mol. The summed E-state index contributed by atoms with van der Waals surface area (Å²) in [5.74, 6) is 1.05. The Morgan fingerprint density at radius 2 is 2.29 bits per heavy atom. The van der Waals surface area contributed by atoms with Crippen molar-refractivity contribution in [2.45, 2.75) is 31.0 Å². The first-order chi connectivity index (χ1) is 10.2. The molecule has 1 N–H and O–H groups in total. The molecule has 114 valence electrons. The minimum absolute atomic E-state index is 0.0914. The summed E-state index contributed by atoms with van der Waals surface area (Å²) in [7, 11) is 0. The molecule has 2 fully saturated rings. The van der Waals surface area contributed by atoms with Gasteiger partial charge in [-0.2, -0.15) is 11.8 Å². The van der Waals surface area contributed by atoms with Crippen molar-refractivity contribution in [1.82, 2.24) is 10.2 Å². The van der Waals surface area contributed by atoms with Crippen molar-refractivity contribution in [2.24, 2.45) is 0 Å². The van der Waals surface area contributed by atoms with Gasteiger partial charge in [-0.25, -0.2) is 4.79 Å². The van der Waals surface area contributed by atoms with Crippen molar-refractivity contribution in [3.05, 3.63) is 35.9 Å². The Morgan fingerprint density at radius 3 is 3.05 bits per heavy atom. The number of fused-ring (bicyclic) bond motifs is 2. The van der Waals surface area contributed by atoms with Gasteiger partial charge in [-0.05, 0) is 24.7 Å². The minimum atomic E-state index is -0.183. The highest BCUT2D eigenvalue weighted by Crippen LogP contribution is 2.32. The van der Waals surface area contributed by atoms with Crippen LogP contribution in [-0.4, -0.2) is 47.7 Å². The van der Waals surface area contributed by atoms with Gasteiger partial charge in [0.2, 0.25) is 0 Å². The molecule has 0 radical (unpaired) electrons. The number of nitrogens with zero attached hydrogens (tertiary/aromatic N) is 1. The Kier molecular flexibility index (Phi) is 4.40. The first kappa shape index (κ1) is 14.7. The van der Waals surface area contributed by atoms with Crippen LogP contribution in [0.25, 0.3) is 0 Å². The molecule has 4 nitrogen and oxygen atoms in total. The Bertz CT molecular complexity index is 492. The maximum atomic E-state index is 12.3. The molecule has 2 saturated heterocycles. The van der Waals surface area contributed by atoms with Gasteiger partial charge in [0.15, 0.2) is 0 Å². The number of likely N-dealkylation sites (tertiary alicyclic amines) is 1. The van der Waals surface area contributed by atoms with E-state index < -0.39 is 0 Å². The predicted molar refractivity (Wildman–Crippen MR) is 85.5 cm³/mol. The van der Waals surface area contributed by atoms with Gasteiger partial charge < -0.3 is 15.0 Å². The Morgan fingerprint density at radius 1 is 1.48 bits per heavy atom. The molecule has 1 amide bonds. The third-order valence-corrected chi connectivity index (χ3v) is 5.14. The molecule has 3 rings (SSSR count). The standard InChI is InChI=1S/C16H22N2O2S/c1-21-12-16-8-7-14(17-16)9-18(11-16)15(19)20-10-13-5-3-2-4-6-13/h2-6,14,17H,7-12H2,1H3/t14-,16+/m0/s1. The predicted octanol–water partition coefficient (Wildman–Crippen LogP) is 2.49. The highest BCUT2D eigenvalue weighted by molar-refractivity contribution is 7.98. The van der Waals surface area contributed by atoms with Crippen LogP contribution in [0.4, 0.5) is 4.79 Å². The molecule has 2 aliphatic heterocycles. The molecule has 21 heavy (non-hydrogen) atoms. The number of thioether (sulfide) groups is 1. The molecule has 2 aliphatic rings. The molecule has 2 atom stereocenters. The molecule has 0 saturated carbocycles. The maximum absolute atomic E-state index is 12.3. The van der Waals surface area contributed by atoms with Crippen LogP contribution in [-0.2, 0) is 11.3 Å². The van der Waals surface area contributed by atoms with E-state index in [0.29, 0.717) is 12.6 Å². The second kappa shape index (κ2) is 6.28. The van der Waals surface area contributed by atoms with Gasteiger partial charge >= 0.3 is 6.09 Å². The van der Waals surface area contributed by atoms with Gasteiger partial charge in [0.05, 0.1) is 0 Å². The number of hydrogen-bond donors (Lipinski definition) is 1. The van der Waals surface area contributed by atoms with Gasteiger partial charge in [-0.3, -0.25) is 0 Å². The molecule has 1 aromatic carbocycles. The fourth-order valence-corrected chi connectivity index (χ4v) is 4.24. The van der Waals surface area contributed by atoms with Crippen molar-refractivity contribution >= 4 is 17.9 Å². The van der Waals surface area contributed by atoms with E-state index in [0.717, 1.165) is 37.2 Å². The van der Waals surface area contributed by atoms with E-state index >= 15 is 0 Å². The lowest BCUT2D eigenvalue weighted by atomic mass is 10.00. The average molecular weight is 306 g/mol. The third-order valence-electron chi connectivity index (χ3n) is 4.30. The molecule has 1 aromatic rings. The SMILES string of the molecule is CSC[C@@]12CC[C@@H](CN(C(=O)OCc3ccccc3)C1)N2. The summed E-state index contributed by atoms with van der Waals surface area (Å²) >= 11 is 1.84. The Balaban J connectivity index is 1.58. The number of carbonyl (C=O) groups excluding carboxylic acids is 1. The third kappa shape index (κ3) is 3.35. The van der Waals surface area contributed by atoms with Crippen LogP contribution >= 0.6 is 11.8 Å². The lowest BCUT2D eigenvalue weighted by molar-refractivity contribution is 0.0737. The van der Waals surface area contributed by atoms with E-state index in [1.54, 1.807) is 0 Å². The summed E-state index contributed by atoms with van der Waals surface area (Å²) in [5.41, 5.74) is 1.12. The smallest absolute Gasteiger partial charge is 0.410 e. The average Bonchev–Trinajstić information content (AvgIpc) is 2.80. The van der Waals surface area contributed by atoms with Crippen LogP contribution in [0.15, 0.2) is 30.3 Å². The molecule has 0 unspecified atom stereocenters. The number of carbonyl (C=O) groups is 1. The second-order valence-electron chi connectivity index (χ2n) is 6.01. The van der Waals surface area contributed by atoms with E-state index in [1.165, 1.54) is 0 Å². The zero-order valence-electron chi connectivity index (χ0n) is 12.4. The fourth-order valence-electron chi connectivity index (χ4n) is 3.37. The molecule has 0 aliphatic carbocycles. The van der Waals surface area contributed by atoms with E-state index in [1.807, 2.05) is 47.0 Å². The molecule has 0 spiro atoms. The lowest BCUT2D eigenvalue weighted by Gasteiger charge is -2.40. The number of benzene rings is 1. The van der Waals surface area contributed by atoms with Gasteiger partial charge in [0.1, 0.15) is 6.61 Å².